The lowest BCUT2D eigenvalue weighted by Gasteiger charge is -2.34. The molecule has 0 bridgehead atoms. The van der Waals surface area contributed by atoms with Crippen molar-refractivity contribution in [2.24, 2.45) is 11.8 Å². The second-order valence-corrected chi connectivity index (χ2v) is 5.57. The van der Waals surface area contributed by atoms with Crippen molar-refractivity contribution in [1.29, 1.82) is 0 Å². The van der Waals surface area contributed by atoms with Crippen LogP contribution in [-0.4, -0.2) is 26.7 Å². The van der Waals surface area contributed by atoms with Gasteiger partial charge in [0, 0.05) is 6.04 Å². The van der Waals surface area contributed by atoms with Gasteiger partial charge in [-0.3, -0.25) is 4.79 Å². The zero-order valence-corrected chi connectivity index (χ0v) is 11.8. The van der Waals surface area contributed by atoms with Gasteiger partial charge in [-0.05, 0) is 23.2 Å². The molecule has 0 saturated heterocycles. The zero-order chi connectivity index (χ0) is 14.7. The molecule has 7 heteroatoms. The first-order valence-electron chi connectivity index (χ1n) is 6.94. The van der Waals surface area contributed by atoms with Crippen molar-refractivity contribution in [3.05, 3.63) is 22.4 Å². The Morgan fingerprint density at radius 3 is 2.95 bits per heavy atom. The zero-order valence-electron chi connectivity index (χ0n) is 11.8. The predicted octanol–water partition coefficient (Wildman–Crippen LogP) is 1.73. The maximum atomic E-state index is 12.0. The van der Waals surface area contributed by atoms with Gasteiger partial charge in [-0.2, -0.15) is 4.68 Å². The van der Waals surface area contributed by atoms with Crippen LogP contribution in [0, 0.1) is 22.0 Å². The monoisotopic (exact) mass is 280 g/mol. The van der Waals surface area contributed by atoms with Gasteiger partial charge in [-0.15, -0.1) is 0 Å². The topological polar surface area (TPSA) is 90.1 Å². The SMILES string of the molecule is C[C@@H]1[C@H](C)CCC[C@H]1NC(=O)Cn1ccc([N+](=O)[O-])n1. The highest BCUT2D eigenvalue weighted by molar-refractivity contribution is 5.76. The van der Waals surface area contributed by atoms with Crippen LogP contribution in [0.5, 0.6) is 0 Å². The quantitative estimate of drug-likeness (QED) is 0.671. The molecule has 0 unspecified atom stereocenters. The minimum atomic E-state index is -0.570. The lowest BCUT2D eigenvalue weighted by atomic mass is 9.78. The Bertz CT molecular complexity index is 500. The average molecular weight is 280 g/mol. The Morgan fingerprint density at radius 2 is 2.30 bits per heavy atom. The van der Waals surface area contributed by atoms with E-state index < -0.39 is 4.92 Å². The summed E-state index contributed by atoms with van der Waals surface area (Å²) in [6.07, 6.45) is 4.78. The van der Waals surface area contributed by atoms with Crippen molar-refractivity contribution in [2.75, 3.05) is 0 Å². The van der Waals surface area contributed by atoms with Gasteiger partial charge in [-0.1, -0.05) is 26.7 Å². The Kier molecular flexibility index (Phi) is 4.36. The lowest BCUT2D eigenvalue weighted by molar-refractivity contribution is -0.389. The van der Waals surface area contributed by atoms with Crippen LogP contribution < -0.4 is 5.32 Å². The van der Waals surface area contributed by atoms with E-state index in [9.17, 15) is 14.9 Å². The van der Waals surface area contributed by atoms with E-state index in [0.717, 1.165) is 12.8 Å². The van der Waals surface area contributed by atoms with E-state index in [4.69, 9.17) is 0 Å². The number of hydrogen-bond acceptors (Lipinski definition) is 4. The Hall–Kier alpha value is -1.92. The minimum absolute atomic E-state index is 0.0193. The van der Waals surface area contributed by atoms with Crippen molar-refractivity contribution >= 4 is 11.7 Å². The number of nitrogens with zero attached hydrogens (tertiary/aromatic N) is 3. The second-order valence-electron chi connectivity index (χ2n) is 5.57. The van der Waals surface area contributed by atoms with Gasteiger partial charge in [0.2, 0.25) is 5.91 Å². The molecule has 1 aliphatic carbocycles. The predicted molar refractivity (Wildman–Crippen MR) is 73.0 cm³/mol. The lowest BCUT2D eigenvalue weighted by Crippen LogP contribution is -2.44. The van der Waals surface area contributed by atoms with Crippen LogP contribution >= 0.6 is 0 Å². The first-order valence-corrected chi connectivity index (χ1v) is 6.94. The van der Waals surface area contributed by atoms with Crippen LogP contribution in [0.2, 0.25) is 0 Å². The maximum absolute atomic E-state index is 12.0. The largest absolute Gasteiger partial charge is 0.389 e. The van der Waals surface area contributed by atoms with Crippen molar-refractivity contribution in [1.82, 2.24) is 15.1 Å². The van der Waals surface area contributed by atoms with Crippen LogP contribution in [0.1, 0.15) is 33.1 Å². The molecule has 20 heavy (non-hydrogen) atoms. The van der Waals surface area contributed by atoms with Gasteiger partial charge >= 0.3 is 5.82 Å². The van der Waals surface area contributed by atoms with Gasteiger partial charge < -0.3 is 15.4 Å². The van der Waals surface area contributed by atoms with Crippen LogP contribution in [-0.2, 0) is 11.3 Å². The molecular weight excluding hydrogens is 260 g/mol. The molecule has 110 valence electrons. The van der Waals surface area contributed by atoms with Crippen LogP contribution in [0.15, 0.2) is 12.3 Å². The molecule has 1 saturated carbocycles. The number of rotatable bonds is 4. The van der Waals surface area contributed by atoms with Gasteiger partial charge in [-0.25, -0.2) is 0 Å². The molecular formula is C13H20N4O3. The molecule has 1 aromatic heterocycles. The fourth-order valence-electron chi connectivity index (χ4n) is 2.72. The second kappa shape index (κ2) is 6.02. The van der Waals surface area contributed by atoms with Crippen LogP contribution in [0.4, 0.5) is 5.82 Å². The van der Waals surface area contributed by atoms with E-state index in [1.165, 1.54) is 23.4 Å². The van der Waals surface area contributed by atoms with Gasteiger partial charge in [0.1, 0.15) is 6.54 Å². The third-order valence-electron chi connectivity index (χ3n) is 4.17. The molecule has 1 heterocycles. The standard InChI is InChI=1S/C13H20N4O3/c1-9-4-3-5-11(10(9)2)14-13(18)8-16-7-6-12(15-16)17(19)20/h6-7,9-11H,3-5,8H2,1-2H3,(H,14,18)/t9-,10-,11-/m1/s1. The van der Waals surface area contributed by atoms with Gasteiger partial charge in [0.15, 0.2) is 0 Å². The number of carbonyl (C=O) groups excluding carboxylic acids is 1. The molecule has 0 spiro atoms. The van der Waals surface area contributed by atoms with Crippen molar-refractivity contribution in [2.45, 2.75) is 45.7 Å². The van der Waals surface area contributed by atoms with Gasteiger partial charge in [0.05, 0.1) is 17.4 Å². The molecule has 0 aliphatic heterocycles. The summed E-state index contributed by atoms with van der Waals surface area (Å²) in [5, 5.41) is 17.3. The summed E-state index contributed by atoms with van der Waals surface area (Å²) in [6, 6.07) is 1.48. The Balaban J connectivity index is 1.90. The van der Waals surface area contributed by atoms with Crippen LogP contribution in [0.25, 0.3) is 0 Å². The highest BCUT2D eigenvalue weighted by atomic mass is 16.6. The summed E-state index contributed by atoms with van der Waals surface area (Å²) in [7, 11) is 0. The molecule has 3 atom stereocenters. The molecule has 2 rings (SSSR count). The normalized spacial score (nSPS) is 26.2. The number of nitro groups is 1. The summed E-state index contributed by atoms with van der Waals surface area (Å²) in [5.74, 6) is 0.686. The summed E-state index contributed by atoms with van der Waals surface area (Å²) in [4.78, 5) is 21.9. The summed E-state index contributed by atoms with van der Waals surface area (Å²) in [6.45, 7) is 4.39. The number of amides is 1. The fourth-order valence-corrected chi connectivity index (χ4v) is 2.72. The molecule has 1 amide bonds. The summed E-state index contributed by atoms with van der Waals surface area (Å²) in [5.41, 5.74) is 0. The fraction of sp³-hybridized carbons (Fsp3) is 0.692. The summed E-state index contributed by atoms with van der Waals surface area (Å²) >= 11 is 0. The van der Waals surface area contributed by atoms with E-state index in [-0.39, 0.29) is 24.3 Å². The van der Waals surface area contributed by atoms with Gasteiger partial charge in [0.25, 0.3) is 0 Å². The first-order chi connectivity index (χ1) is 9.47. The Labute approximate surface area is 117 Å². The molecule has 7 nitrogen and oxygen atoms in total. The highest BCUT2D eigenvalue weighted by Gasteiger charge is 2.28. The van der Waals surface area contributed by atoms with Crippen LogP contribution in [0.3, 0.4) is 0 Å². The number of nitrogens with one attached hydrogen (secondary N) is 1. The van der Waals surface area contributed by atoms with Crippen molar-refractivity contribution < 1.29 is 9.72 Å². The highest BCUT2D eigenvalue weighted by Crippen LogP contribution is 2.29. The molecule has 1 aliphatic rings. The first kappa shape index (κ1) is 14.5. The van der Waals surface area contributed by atoms with E-state index >= 15 is 0 Å². The molecule has 0 radical (unpaired) electrons. The molecule has 1 N–H and O–H groups in total. The molecule has 0 aromatic carbocycles. The van der Waals surface area contributed by atoms with E-state index in [2.05, 4.69) is 24.3 Å². The number of aromatic nitrogens is 2. The van der Waals surface area contributed by atoms with E-state index in [1.54, 1.807) is 0 Å². The third-order valence-corrected chi connectivity index (χ3v) is 4.17. The number of carbonyl (C=O) groups is 1. The minimum Gasteiger partial charge on any atom is -0.358 e. The van der Waals surface area contributed by atoms with Crippen molar-refractivity contribution in [3.63, 3.8) is 0 Å². The Morgan fingerprint density at radius 1 is 1.55 bits per heavy atom. The number of hydrogen-bond donors (Lipinski definition) is 1. The maximum Gasteiger partial charge on any atom is 0.389 e. The van der Waals surface area contributed by atoms with E-state index in [0.29, 0.717) is 11.8 Å². The molecule has 1 fully saturated rings. The third kappa shape index (κ3) is 3.34. The van der Waals surface area contributed by atoms with E-state index in [1.807, 2.05) is 0 Å². The average Bonchev–Trinajstić information content (AvgIpc) is 2.83. The van der Waals surface area contributed by atoms with Crippen molar-refractivity contribution in [3.8, 4) is 0 Å². The molecule has 1 aromatic rings. The summed E-state index contributed by atoms with van der Waals surface area (Å²) < 4.78 is 1.30. The smallest absolute Gasteiger partial charge is 0.358 e.